The first-order valence-corrected chi connectivity index (χ1v) is 5.22. The molecule has 4 nitrogen and oxygen atoms in total. The minimum Gasteiger partial charge on any atom is -0.480 e. The summed E-state index contributed by atoms with van der Waals surface area (Å²) < 4.78 is 0. The fraction of sp³-hybridized carbons (Fsp3) is 0.636. The van der Waals surface area contributed by atoms with Crippen molar-refractivity contribution < 1.29 is 14.7 Å². The highest BCUT2D eigenvalue weighted by molar-refractivity contribution is 5.81. The quantitative estimate of drug-likeness (QED) is 0.624. The van der Waals surface area contributed by atoms with Crippen LogP contribution in [-0.4, -0.2) is 35.0 Å². The number of carbonyl (C=O) groups excluding carboxylic acids is 1. The van der Waals surface area contributed by atoms with Crippen LogP contribution < -0.4 is 0 Å². The molecule has 0 radical (unpaired) electrons. The molecule has 4 heteroatoms. The van der Waals surface area contributed by atoms with E-state index in [-0.39, 0.29) is 12.5 Å². The van der Waals surface area contributed by atoms with Crippen molar-refractivity contribution in [3.8, 4) is 0 Å². The highest BCUT2D eigenvalue weighted by atomic mass is 16.4. The average Bonchev–Trinajstić information content (AvgIpc) is 2.20. The number of aliphatic carboxylic acids is 1. The second kappa shape index (κ2) is 8.03. The van der Waals surface area contributed by atoms with Crippen molar-refractivity contribution in [2.75, 3.05) is 13.1 Å². The lowest BCUT2D eigenvalue weighted by Crippen LogP contribution is -2.36. The Labute approximate surface area is 90.6 Å². The van der Waals surface area contributed by atoms with Crippen LogP contribution in [0.4, 0.5) is 0 Å². The standard InChI is InChI=1S/C11H19NO3/c1-3-5-7-10(13)12(8-6-4-2)9-11(14)15/h3H,1,4-9H2,2H3,(H,14,15). The van der Waals surface area contributed by atoms with Gasteiger partial charge in [0.2, 0.25) is 5.91 Å². The molecule has 1 amide bonds. The number of carbonyl (C=O) groups is 2. The second-order valence-electron chi connectivity index (χ2n) is 3.39. The second-order valence-corrected chi connectivity index (χ2v) is 3.39. The molecule has 0 rings (SSSR count). The van der Waals surface area contributed by atoms with E-state index in [1.165, 1.54) is 4.90 Å². The number of carboxylic acid groups (broad SMARTS) is 1. The lowest BCUT2D eigenvalue weighted by molar-refractivity contribution is -0.144. The zero-order valence-electron chi connectivity index (χ0n) is 9.24. The van der Waals surface area contributed by atoms with Crippen molar-refractivity contribution in [1.29, 1.82) is 0 Å². The minimum atomic E-state index is -0.960. The predicted molar refractivity (Wildman–Crippen MR) is 58.6 cm³/mol. The summed E-state index contributed by atoms with van der Waals surface area (Å²) >= 11 is 0. The van der Waals surface area contributed by atoms with Crippen LogP contribution in [0, 0.1) is 0 Å². The number of carboxylic acids is 1. The highest BCUT2D eigenvalue weighted by Crippen LogP contribution is 2.01. The van der Waals surface area contributed by atoms with Crippen molar-refractivity contribution in [2.24, 2.45) is 0 Å². The molecule has 1 N–H and O–H groups in total. The average molecular weight is 213 g/mol. The lowest BCUT2D eigenvalue weighted by Gasteiger charge is -2.20. The fourth-order valence-electron chi connectivity index (χ4n) is 1.19. The van der Waals surface area contributed by atoms with E-state index < -0.39 is 5.97 Å². The van der Waals surface area contributed by atoms with E-state index in [0.717, 1.165) is 12.8 Å². The Morgan fingerprint density at radius 1 is 1.47 bits per heavy atom. The Hall–Kier alpha value is -1.32. The van der Waals surface area contributed by atoms with E-state index in [2.05, 4.69) is 6.58 Å². The van der Waals surface area contributed by atoms with Crippen LogP contribution in [0.2, 0.25) is 0 Å². The molecule has 0 atom stereocenters. The summed E-state index contributed by atoms with van der Waals surface area (Å²) in [6.45, 7) is 5.86. The maximum Gasteiger partial charge on any atom is 0.323 e. The number of hydrogen-bond acceptors (Lipinski definition) is 2. The summed E-state index contributed by atoms with van der Waals surface area (Å²) in [6, 6.07) is 0. The maximum absolute atomic E-state index is 11.6. The summed E-state index contributed by atoms with van der Waals surface area (Å²) in [7, 11) is 0. The Morgan fingerprint density at radius 3 is 2.60 bits per heavy atom. The van der Waals surface area contributed by atoms with Gasteiger partial charge < -0.3 is 10.0 Å². The van der Waals surface area contributed by atoms with Crippen LogP contribution >= 0.6 is 0 Å². The molecule has 0 aliphatic heterocycles. The summed E-state index contributed by atoms with van der Waals surface area (Å²) in [5.41, 5.74) is 0. The molecule has 0 aliphatic carbocycles. The maximum atomic E-state index is 11.6. The molecule has 0 aliphatic rings. The number of hydrogen-bond donors (Lipinski definition) is 1. The third kappa shape index (κ3) is 6.71. The van der Waals surface area contributed by atoms with Crippen LogP contribution in [0.1, 0.15) is 32.6 Å². The molecule has 0 fully saturated rings. The van der Waals surface area contributed by atoms with Gasteiger partial charge >= 0.3 is 5.97 Å². The van der Waals surface area contributed by atoms with Gasteiger partial charge in [-0.15, -0.1) is 6.58 Å². The summed E-state index contributed by atoms with van der Waals surface area (Å²) in [5, 5.41) is 8.64. The molecule has 0 bridgehead atoms. The van der Waals surface area contributed by atoms with Crippen molar-refractivity contribution in [1.82, 2.24) is 4.90 Å². The molecule has 0 aromatic rings. The van der Waals surface area contributed by atoms with Crippen LogP contribution in [0.3, 0.4) is 0 Å². The number of unbranched alkanes of at least 4 members (excludes halogenated alkanes) is 1. The monoisotopic (exact) mass is 213 g/mol. The van der Waals surface area contributed by atoms with Crippen molar-refractivity contribution in [3.63, 3.8) is 0 Å². The van der Waals surface area contributed by atoms with E-state index in [4.69, 9.17) is 5.11 Å². The molecule has 86 valence electrons. The van der Waals surface area contributed by atoms with Crippen LogP contribution in [0.25, 0.3) is 0 Å². The van der Waals surface area contributed by atoms with E-state index in [1.807, 2.05) is 6.92 Å². The fourth-order valence-corrected chi connectivity index (χ4v) is 1.19. The van der Waals surface area contributed by atoms with E-state index in [1.54, 1.807) is 6.08 Å². The van der Waals surface area contributed by atoms with Gasteiger partial charge in [0.25, 0.3) is 0 Å². The largest absolute Gasteiger partial charge is 0.480 e. The summed E-state index contributed by atoms with van der Waals surface area (Å²) in [6.07, 6.45) is 4.40. The van der Waals surface area contributed by atoms with Gasteiger partial charge in [0.05, 0.1) is 0 Å². The van der Waals surface area contributed by atoms with Gasteiger partial charge in [0, 0.05) is 13.0 Å². The molecule has 0 unspecified atom stereocenters. The van der Waals surface area contributed by atoms with Gasteiger partial charge in [0.15, 0.2) is 0 Å². The van der Waals surface area contributed by atoms with Gasteiger partial charge in [-0.1, -0.05) is 19.4 Å². The van der Waals surface area contributed by atoms with Gasteiger partial charge in [-0.2, -0.15) is 0 Å². The van der Waals surface area contributed by atoms with Crippen LogP contribution in [-0.2, 0) is 9.59 Å². The molecular weight excluding hydrogens is 194 g/mol. The number of amides is 1. The van der Waals surface area contributed by atoms with E-state index in [0.29, 0.717) is 19.4 Å². The molecule has 0 saturated heterocycles. The van der Waals surface area contributed by atoms with Crippen LogP contribution in [0.15, 0.2) is 12.7 Å². The third-order valence-corrected chi connectivity index (χ3v) is 2.02. The van der Waals surface area contributed by atoms with Crippen LogP contribution in [0.5, 0.6) is 0 Å². The molecule has 0 aromatic heterocycles. The van der Waals surface area contributed by atoms with Crippen molar-refractivity contribution >= 4 is 11.9 Å². The van der Waals surface area contributed by atoms with Gasteiger partial charge in [0.1, 0.15) is 6.54 Å². The van der Waals surface area contributed by atoms with Crippen molar-refractivity contribution in [3.05, 3.63) is 12.7 Å². The summed E-state index contributed by atoms with van der Waals surface area (Å²) in [4.78, 5) is 23.5. The first-order valence-electron chi connectivity index (χ1n) is 5.22. The number of rotatable bonds is 8. The topological polar surface area (TPSA) is 57.6 Å². The zero-order chi connectivity index (χ0) is 11.7. The third-order valence-electron chi connectivity index (χ3n) is 2.02. The smallest absolute Gasteiger partial charge is 0.323 e. The zero-order valence-corrected chi connectivity index (χ0v) is 9.24. The molecule has 15 heavy (non-hydrogen) atoms. The highest BCUT2D eigenvalue weighted by Gasteiger charge is 2.14. The van der Waals surface area contributed by atoms with Gasteiger partial charge in [-0.05, 0) is 12.8 Å². The molecule has 0 saturated carbocycles. The Morgan fingerprint density at radius 2 is 2.13 bits per heavy atom. The molecule has 0 spiro atoms. The Balaban J connectivity index is 4.13. The predicted octanol–water partition coefficient (Wildman–Crippen LogP) is 1.67. The first-order chi connectivity index (χ1) is 7.11. The van der Waals surface area contributed by atoms with Gasteiger partial charge in [-0.25, -0.2) is 0 Å². The van der Waals surface area contributed by atoms with E-state index in [9.17, 15) is 9.59 Å². The Bertz CT molecular complexity index is 226. The summed E-state index contributed by atoms with van der Waals surface area (Å²) in [5.74, 6) is -1.07. The minimum absolute atomic E-state index is 0.106. The normalized spacial score (nSPS) is 9.67. The Kier molecular flexibility index (Phi) is 7.32. The SMILES string of the molecule is C=CCCC(=O)N(CCCC)CC(=O)O. The first kappa shape index (κ1) is 13.7. The molecular formula is C11H19NO3. The van der Waals surface area contributed by atoms with Gasteiger partial charge in [-0.3, -0.25) is 9.59 Å². The molecule has 0 aromatic carbocycles. The number of nitrogens with zero attached hydrogens (tertiary/aromatic N) is 1. The van der Waals surface area contributed by atoms with Crippen molar-refractivity contribution in [2.45, 2.75) is 32.6 Å². The number of allylic oxidation sites excluding steroid dienone is 1. The lowest BCUT2D eigenvalue weighted by atomic mass is 10.2. The molecule has 0 heterocycles. The van der Waals surface area contributed by atoms with E-state index >= 15 is 0 Å².